The van der Waals surface area contributed by atoms with Crippen molar-refractivity contribution < 1.29 is 9.90 Å². The van der Waals surface area contributed by atoms with Gasteiger partial charge in [0, 0.05) is 24.1 Å². The lowest BCUT2D eigenvalue weighted by Crippen LogP contribution is -2.31. The Morgan fingerprint density at radius 3 is 3.08 bits per heavy atom. The molecular weight excluding hydrogens is 332 g/mol. The minimum atomic E-state index is -0.827. The number of nitrogens with zero attached hydrogens (tertiary/aromatic N) is 1. The van der Waals surface area contributed by atoms with E-state index < -0.39 is 5.97 Å². The maximum Gasteiger partial charge on any atom is 0.313 e. The molecule has 1 heterocycles. The molecule has 0 saturated heterocycles. The molecule has 3 atom stereocenters. The fourth-order valence-corrected chi connectivity index (χ4v) is 3.75. The first-order valence-corrected chi connectivity index (χ1v) is 9.50. The molecule has 0 aromatic heterocycles. The molecule has 130 valence electrons. The standard InChI is InChI=1S/C20H22N2O2S/c1-14-9-16-10-18(22-20(21-12-16)25-13-19(23)24)11-17(14)8-7-15-5-3-2-4-6-15/h2-5,9,11,15-16,18H,6,10,12-13H2,1H3,(H,21,22)(H,23,24). The Kier molecular flexibility index (Phi) is 5.83. The van der Waals surface area contributed by atoms with Gasteiger partial charge in [0.1, 0.15) is 0 Å². The van der Waals surface area contributed by atoms with Crippen LogP contribution in [0, 0.1) is 23.7 Å². The second-order valence-electron chi connectivity index (χ2n) is 6.43. The van der Waals surface area contributed by atoms with Crippen LogP contribution in [-0.4, -0.2) is 34.6 Å². The molecule has 0 aromatic carbocycles. The molecule has 2 aliphatic carbocycles. The summed E-state index contributed by atoms with van der Waals surface area (Å²) in [4.78, 5) is 15.3. The minimum absolute atomic E-state index is 0.0238. The van der Waals surface area contributed by atoms with Gasteiger partial charge in [0.25, 0.3) is 0 Å². The summed E-state index contributed by atoms with van der Waals surface area (Å²) in [7, 11) is 0. The Hall–Kier alpha value is -2.19. The number of amidine groups is 1. The zero-order chi connectivity index (χ0) is 17.6. The number of carboxylic acids is 1. The zero-order valence-electron chi connectivity index (χ0n) is 14.2. The first-order valence-electron chi connectivity index (χ1n) is 8.51. The van der Waals surface area contributed by atoms with E-state index in [0.717, 1.165) is 18.4 Å². The van der Waals surface area contributed by atoms with E-state index in [9.17, 15) is 4.79 Å². The van der Waals surface area contributed by atoms with Gasteiger partial charge < -0.3 is 10.4 Å². The third-order valence-electron chi connectivity index (χ3n) is 4.32. The topological polar surface area (TPSA) is 61.7 Å². The van der Waals surface area contributed by atoms with E-state index in [1.165, 1.54) is 17.3 Å². The fraction of sp³-hybridized carbons (Fsp3) is 0.400. The van der Waals surface area contributed by atoms with E-state index in [4.69, 9.17) is 5.11 Å². The van der Waals surface area contributed by atoms with Crippen molar-refractivity contribution in [1.29, 1.82) is 0 Å². The van der Waals surface area contributed by atoms with Gasteiger partial charge in [-0.1, -0.05) is 54.0 Å². The summed E-state index contributed by atoms with van der Waals surface area (Å²) in [5.41, 5.74) is 2.27. The number of carbonyl (C=O) groups is 1. The van der Waals surface area contributed by atoms with Gasteiger partial charge >= 0.3 is 5.97 Å². The van der Waals surface area contributed by atoms with Crippen LogP contribution < -0.4 is 5.32 Å². The quantitative estimate of drug-likeness (QED) is 0.748. The van der Waals surface area contributed by atoms with Gasteiger partial charge in [-0.3, -0.25) is 9.79 Å². The molecule has 0 spiro atoms. The lowest BCUT2D eigenvalue weighted by molar-refractivity contribution is -0.133. The first kappa shape index (κ1) is 17.6. The molecule has 3 rings (SSSR count). The Morgan fingerprint density at radius 2 is 2.32 bits per heavy atom. The molecule has 0 radical (unpaired) electrons. The van der Waals surface area contributed by atoms with Gasteiger partial charge in [0.05, 0.1) is 5.75 Å². The summed E-state index contributed by atoms with van der Waals surface area (Å²) in [6, 6.07) is 0.132. The van der Waals surface area contributed by atoms with Crippen LogP contribution in [0.3, 0.4) is 0 Å². The molecule has 3 aliphatic rings. The Bertz CT molecular complexity index is 749. The highest BCUT2D eigenvalue weighted by Crippen LogP contribution is 2.25. The highest BCUT2D eigenvalue weighted by Gasteiger charge is 2.23. The second-order valence-corrected chi connectivity index (χ2v) is 7.39. The largest absolute Gasteiger partial charge is 0.481 e. The van der Waals surface area contributed by atoms with Gasteiger partial charge in [-0.05, 0) is 37.3 Å². The lowest BCUT2D eigenvalue weighted by atomic mass is 9.99. The molecular formula is C20H22N2O2S. The van der Waals surface area contributed by atoms with Crippen molar-refractivity contribution in [2.75, 3.05) is 12.3 Å². The molecule has 4 nitrogen and oxygen atoms in total. The number of aliphatic carboxylic acids is 1. The summed E-state index contributed by atoms with van der Waals surface area (Å²) in [5.74, 6) is 6.54. The van der Waals surface area contributed by atoms with Crippen molar-refractivity contribution in [3.05, 3.63) is 47.6 Å². The smallest absolute Gasteiger partial charge is 0.313 e. The van der Waals surface area contributed by atoms with Crippen molar-refractivity contribution in [2.45, 2.75) is 25.8 Å². The van der Waals surface area contributed by atoms with Crippen LogP contribution in [0.1, 0.15) is 19.8 Å². The molecule has 0 saturated carbocycles. The summed E-state index contributed by atoms with van der Waals surface area (Å²) >= 11 is 1.25. The first-order chi connectivity index (χ1) is 12.1. The molecule has 0 aromatic rings. The average molecular weight is 354 g/mol. The van der Waals surface area contributed by atoms with Crippen LogP contribution in [0.25, 0.3) is 0 Å². The highest BCUT2D eigenvalue weighted by atomic mass is 32.2. The molecule has 2 N–H and O–H groups in total. The zero-order valence-corrected chi connectivity index (χ0v) is 15.1. The van der Waals surface area contributed by atoms with Crippen molar-refractivity contribution in [3.63, 3.8) is 0 Å². The van der Waals surface area contributed by atoms with Crippen LogP contribution in [-0.2, 0) is 4.79 Å². The molecule has 0 fully saturated rings. The van der Waals surface area contributed by atoms with Crippen LogP contribution in [0.4, 0.5) is 0 Å². The predicted octanol–water partition coefficient (Wildman–Crippen LogP) is 3.16. The number of hydrogen-bond acceptors (Lipinski definition) is 4. The highest BCUT2D eigenvalue weighted by molar-refractivity contribution is 8.14. The van der Waals surface area contributed by atoms with Crippen LogP contribution in [0.5, 0.6) is 0 Å². The number of hydrogen-bond donors (Lipinski definition) is 2. The Balaban J connectivity index is 1.76. The number of allylic oxidation sites excluding steroid dienone is 6. The number of nitrogens with one attached hydrogen (secondary N) is 1. The average Bonchev–Trinajstić information content (AvgIpc) is 2.88. The molecule has 2 bridgehead atoms. The molecule has 3 unspecified atom stereocenters. The summed E-state index contributed by atoms with van der Waals surface area (Å²) in [5, 5.41) is 13.0. The lowest BCUT2D eigenvalue weighted by Gasteiger charge is -2.15. The van der Waals surface area contributed by atoms with Crippen molar-refractivity contribution in [2.24, 2.45) is 16.8 Å². The van der Waals surface area contributed by atoms with Crippen molar-refractivity contribution in [3.8, 4) is 11.8 Å². The molecule has 25 heavy (non-hydrogen) atoms. The van der Waals surface area contributed by atoms with Crippen molar-refractivity contribution in [1.82, 2.24) is 5.32 Å². The number of carboxylic acid groups (broad SMARTS) is 1. The summed E-state index contributed by atoms with van der Waals surface area (Å²) < 4.78 is 0. The van der Waals surface area contributed by atoms with Gasteiger partial charge in [0.2, 0.25) is 0 Å². The molecule has 0 amide bonds. The van der Waals surface area contributed by atoms with Gasteiger partial charge in [0.15, 0.2) is 5.17 Å². The van der Waals surface area contributed by atoms with Crippen LogP contribution >= 0.6 is 11.8 Å². The van der Waals surface area contributed by atoms with E-state index in [1.807, 2.05) is 6.08 Å². The minimum Gasteiger partial charge on any atom is -0.481 e. The van der Waals surface area contributed by atoms with Crippen LogP contribution in [0.2, 0.25) is 0 Å². The van der Waals surface area contributed by atoms with Crippen molar-refractivity contribution >= 4 is 22.9 Å². The van der Waals surface area contributed by atoms with E-state index in [2.05, 4.69) is 59.5 Å². The Labute approximate surface area is 152 Å². The van der Waals surface area contributed by atoms with E-state index in [-0.39, 0.29) is 17.7 Å². The number of rotatable bonds is 2. The van der Waals surface area contributed by atoms with Gasteiger partial charge in [-0.25, -0.2) is 0 Å². The normalized spacial score (nSPS) is 27.6. The van der Waals surface area contributed by atoms with E-state index in [0.29, 0.717) is 17.6 Å². The third kappa shape index (κ3) is 5.14. The fourth-order valence-electron chi connectivity index (χ4n) is 3.09. The summed E-state index contributed by atoms with van der Waals surface area (Å²) in [6.45, 7) is 2.80. The third-order valence-corrected chi connectivity index (χ3v) is 5.23. The SMILES string of the molecule is CC1=CC2CN=C(SCC(=O)O)NC(C=C1C#CC1C=CC=CC1)C2. The van der Waals surface area contributed by atoms with E-state index >= 15 is 0 Å². The monoisotopic (exact) mass is 354 g/mol. The Morgan fingerprint density at radius 1 is 1.44 bits per heavy atom. The van der Waals surface area contributed by atoms with Gasteiger partial charge in [-0.2, -0.15) is 0 Å². The van der Waals surface area contributed by atoms with Gasteiger partial charge in [-0.15, -0.1) is 0 Å². The number of thioether (sulfide) groups is 1. The summed E-state index contributed by atoms with van der Waals surface area (Å²) in [6.07, 6.45) is 14.7. The van der Waals surface area contributed by atoms with E-state index in [1.54, 1.807) is 0 Å². The number of fused-ring (bicyclic) bond motifs is 2. The maximum atomic E-state index is 10.8. The maximum absolute atomic E-state index is 10.8. The second kappa shape index (κ2) is 8.26. The number of aliphatic imine (C=N–C) groups is 1. The molecule has 1 aliphatic heterocycles. The predicted molar refractivity (Wildman–Crippen MR) is 103 cm³/mol. The van der Waals surface area contributed by atoms with Crippen LogP contribution in [0.15, 0.2) is 52.6 Å². The molecule has 5 heteroatoms.